The highest BCUT2D eigenvalue weighted by Gasteiger charge is 2.21. The average Bonchev–Trinajstić information content (AvgIpc) is 2.99. The first-order chi connectivity index (χ1) is 13.6. The zero-order valence-corrected chi connectivity index (χ0v) is 16.7. The molecule has 2 aromatic rings. The van der Waals surface area contributed by atoms with Crippen LogP contribution in [0.2, 0.25) is 0 Å². The van der Waals surface area contributed by atoms with Gasteiger partial charge in [-0.2, -0.15) is 0 Å². The molecule has 3 rings (SSSR count). The van der Waals surface area contributed by atoms with Crippen molar-refractivity contribution in [1.29, 1.82) is 0 Å². The first-order valence-corrected chi connectivity index (χ1v) is 10.2. The Labute approximate surface area is 165 Å². The van der Waals surface area contributed by atoms with Crippen LogP contribution in [0, 0.1) is 6.92 Å². The molecule has 1 amide bonds. The summed E-state index contributed by atoms with van der Waals surface area (Å²) in [5.74, 6) is -0.0365. The zero-order valence-electron chi connectivity index (χ0n) is 16.7. The summed E-state index contributed by atoms with van der Waals surface area (Å²) >= 11 is 0. The van der Waals surface area contributed by atoms with E-state index in [2.05, 4.69) is 5.32 Å². The number of nitrogens with one attached hydrogen (secondary N) is 1. The van der Waals surface area contributed by atoms with Gasteiger partial charge in [0.2, 0.25) is 5.76 Å². The second kappa shape index (κ2) is 9.62. The first-order valence-electron chi connectivity index (χ1n) is 10.2. The molecule has 0 spiro atoms. The average molecular weight is 387 g/mol. The monoisotopic (exact) mass is 387 g/mol. The Hall–Kier alpha value is -2.50. The summed E-state index contributed by atoms with van der Waals surface area (Å²) in [7, 11) is 0. The molecule has 1 aliphatic rings. The van der Waals surface area contributed by atoms with Crippen molar-refractivity contribution in [1.82, 2.24) is 5.32 Å². The van der Waals surface area contributed by atoms with Crippen LogP contribution in [0.4, 0.5) is 0 Å². The molecule has 0 unspecified atom stereocenters. The second-order valence-corrected chi connectivity index (χ2v) is 7.33. The molecule has 0 bridgehead atoms. The van der Waals surface area contributed by atoms with Gasteiger partial charge in [-0.3, -0.25) is 4.79 Å². The third kappa shape index (κ3) is 5.06. The lowest BCUT2D eigenvalue weighted by atomic mass is 9.97. The van der Waals surface area contributed by atoms with Crippen LogP contribution in [-0.2, 0) is 9.53 Å². The highest BCUT2D eigenvalue weighted by molar-refractivity contribution is 5.97. The summed E-state index contributed by atoms with van der Waals surface area (Å²) in [6.45, 7) is 3.98. The minimum absolute atomic E-state index is 0.127. The van der Waals surface area contributed by atoms with Gasteiger partial charge in [0, 0.05) is 17.0 Å². The lowest BCUT2D eigenvalue weighted by Gasteiger charge is -2.20. The lowest BCUT2D eigenvalue weighted by Crippen LogP contribution is -2.38. The summed E-state index contributed by atoms with van der Waals surface area (Å²) in [5.41, 5.74) is 1.27. The quantitative estimate of drug-likeness (QED) is 0.737. The minimum atomic E-state index is -0.625. The molecule has 6 heteroatoms. The number of hydrogen-bond acceptors (Lipinski definition) is 5. The number of rotatable bonds is 6. The predicted octanol–water partition coefficient (Wildman–Crippen LogP) is 4.53. The van der Waals surface area contributed by atoms with Crippen molar-refractivity contribution < 1.29 is 23.5 Å². The number of carbonyl (C=O) groups is 2. The summed E-state index contributed by atoms with van der Waals surface area (Å²) in [6, 6.07) is 5.59. The van der Waals surface area contributed by atoms with Crippen LogP contribution >= 0.6 is 0 Å². The van der Waals surface area contributed by atoms with E-state index < -0.39 is 5.97 Å². The van der Waals surface area contributed by atoms with E-state index in [0.29, 0.717) is 17.8 Å². The Morgan fingerprint density at radius 2 is 1.86 bits per heavy atom. The van der Waals surface area contributed by atoms with Gasteiger partial charge in [0.15, 0.2) is 6.61 Å². The van der Waals surface area contributed by atoms with Crippen molar-refractivity contribution in [3.63, 3.8) is 0 Å². The maximum atomic E-state index is 12.4. The van der Waals surface area contributed by atoms with Gasteiger partial charge in [0.25, 0.3) is 5.91 Å². The molecule has 1 aliphatic carbocycles. The maximum Gasteiger partial charge on any atom is 0.375 e. The fourth-order valence-electron chi connectivity index (χ4n) is 3.72. The Bertz CT molecular complexity index is 818. The van der Waals surface area contributed by atoms with Crippen LogP contribution < -0.4 is 10.1 Å². The van der Waals surface area contributed by atoms with Crippen LogP contribution in [0.15, 0.2) is 22.6 Å². The standard InChI is InChI=1S/C22H29NO5/c1-3-26-17-11-12-19-18(13-17)15(2)21(28-19)22(25)27-14-20(24)23-16-9-7-5-4-6-8-10-16/h11-13,16H,3-10,14H2,1-2H3,(H,23,24). The number of carbonyl (C=O) groups excluding carboxylic acids is 2. The molecule has 1 aromatic carbocycles. The van der Waals surface area contributed by atoms with Crippen molar-refractivity contribution in [2.45, 2.75) is 64.8 Å². The number of esters is 1. The largest absolute Gasteiger partial charge is 0.494 e. The second-order valence-electron chi connectivity index (χ2n) is 7.33. The Morgan fingerprint density at radius 3 is 2.57 bits per heavy atom. The van der Waals surface area contributed by atoms with Gasteiger partial charge in [-0.15, -0.1) is 0 Å². The van der Waals surface area contributed by atoms with Crippen LogP contribution in [0.1, 0.15) is 68.0 Å². The van der Waals surface area contributed by atoms with E-state index in [-0.39, 0.29) is 24.3 Å². The number of hydrogen-bond donors (Lipinski definition) is 1. The van der Waals surface area contributed by atoms with Crippen molar-refractivity contribution >= 4 is 22.8 Å². The molecule has 1 aromatic heterocycles. The minimum Gasteiger partial charge on any atom is -0.494 e. The van der Waals surface area contributed by atoms with E-state index >= 15 is 0 Å². The molecule has 0 atom stereocenters. The summed E-state index contributed by atoms with van der Waals surface area (Å²) < 4.78 is 16.3. The summed E-state index contributed by atoms with van der Waals surface area (Å²) in [5, 5.41) is 3.80. The van der Waals surface area contributed by atoms with E-state index in [1.165, 1.54) is 19.3 Å². The van der Waals surface area contributed by atoms with Gasteiger partial charge in [0.05, 0.1) is 6.61 Å². The Balaban J connectivity index is 1.58. The molecule has 1 N–H and O–H groups in total. The fraction of sp³-hybridized carbons (Fsp3) is 0.545. The molecular weight excluding hydrogens is 358 g/mol. The van der Waals surface area contributed by atoms with E-state index in [9.17, 15) is 9.59 Å². The van der Waals surface area contributed by atoms with Crippen LogP contribution in [-0.4, -0.2) is 31.1 Å². The highest BCUT2D eigenvalue weighted by Crippen LogP contribution is 2.29. The molecule has 1 heterocycles. The molecule has 1 fully saturated rings. The van der Waals surface area contributed by atoms with Crippen molar-refractivity contribution in [2.24, 2.45) is 0 Å². The molecule has 0 radical (unpaired) electrons. The number of furan rings is 1. The molecule has 0 aliphatic heterocycles. The van der Waals surface area contributed by atoms with Crippen LogP contribution in [0.3, 0.4) is 0 Å². The molecule has 1 saturated carbocycles. The predicted molar refractivity (Wildman–Crippen MR) is 107 cm³/mol. The number of aryl methyl sites for hydroxylation is 1. The molecular formula is C22H29NO5. The first kappa shape index (κ1) is 20.2. The van der Waals surface area contributed by atoms with Crippen LogP contribution in [0.25, 0.3) is 11.0 Å². The molecule has 28 heavy (non-hydrogen) atoms. The smallest absolute Gasteiger partial charge is 0.375 e. The van der Waals surface area contributed by atoms with Gasteiger partial charge >= 0.3 is 5.97 Å². The van der Waals surface area contributed by atoms with Crippen molar-refractivity contribution in [3.8, 4) is 5.75 Å². The Morgan fingerprint density at radius 1 is 1.14 bits per heavy atom. The molecule has 0 saturated heterocycles. The van der Waals surface area contributed by atoms with Crippen molar-refractivity contribution in [3.05, 3.63) is 29.5 Å². The SMILES string of the molecule is CCOc1ccc2oc(C(=O)OCC(=O)NC3CCCCCCC3)c(C)c2c1. The van der Waals surface area contributed by atoms with Crippen LogP contribution in [0.5, 0.6) is 5.75 Å². The molecule has 152 valence electrons. The summed E-state index contributed by atoms with van der Waals surface area (Å²) in [6.07, 6.45) is 7.96. The Kier molecular flexibility index (Phi) is 6.95. The van der Waals surface area contributed by atoms with Gasteiger partial charge in [-0.1, -0.05) is 32.1 Å². The van der Waals surface area contributed by atoms with E-state index in [1.54, 1.807) is 19.1 Å². The van der Waals surface area contributed by atoms with Crippen molar-refractivity contribution in [2.75, 3.05) is 13.2 Å². The van der Waals surface area contributed by atoms with E-state index in [1.807, 2.05) is 13.0 Å². The number of benzene rings is 1. The van der Waals surface area contributed by atoms with Gasteiger partial charge in [0.1, 0.15) is 11.3 Å². The fourth-order valence-corrected chi connectivity index (χ4v) is 3.72. The highest BCUT2D eigenvalue weighted by atomic mass is 16.5. The summed E-state index contributed by atoms with van der Waals surface area (Å²) in [4.78, 5) is 24.6. The topological polar surface area (TPSA) is 77.8 Å². The zero-order chi connectivity index (χ0) is 19.9. The van der Waals surface area contributed by atoms with Gasteiger partial charge in [-0.05, 0) is 44.9 Å². The van der Waals surface area contributed by atoms with Gasteiger partial charge in [-0.25, -0.2) is 4.79 Å². The molecule has 6 nitrogen and oxygen atoms in total. The number of amides is 1. The number of ether oxygens (including phenoxy) is 2. The third-order valence-corrected chi connectivity index (χ3v) is 5.21. The van der Waals surface area contributed by atoms with E-state index in [4.69, 9.17) is 13.9 Å². The third-order valence-electron chi connectivity index (χ3n) is 5.21. The normalized spacial score (nSPS) is 15.6. The number of fused-ring (bicyclic) bond motifs is 1. The van der Waals surface area contributed by atoms with Gasteiger partial charge < -0.3 is 19.2 Å². The van der Waals surface area contributed by atoms with E-state index in [0.717, 1.165) is 36.8 Å². The maximum absolute atomic E-state index is 12.4. The lowest BCUT2D eigenvalue weighted by molar-refractivity contribution is -0.125.